The van der Waals surface area contributed by atoms with E-state index in [1.54, 1.807) is 47.4 Å². The maximum absolute atomic E-state index is 12.3. The SMILES string of the molecule is O=C1c2ccccc2C(=O)N1CCCCSc1nnc(NC2CC2)s1. The zero-order valence-corrected chi connectivity index (χ0v) is 15.2. The van der Waals surface area contributed by atoms with Crippen LogP contribution in [0.4, 0.5) is 5.13 Å². The van der Waals surface area contributed by atoms with Gasteiger partial charge in [0.05, 0.1) is 11.1 Å². The van der Waals surface area contributed by atoms with Crippen LogP contribution >= 0.6 is 23.1 Å². The summed E-state index contributed by atoms with van der Waals surface area (Å²) in [5, 5.41) is 12.6. The van der Waals surface area contributed by atoms with Gasteiger partial charge in [-0.15, -0.1) is 10.2 Å². The number of carbonyl (C=O) groups is 2. The second kappa shape index (κ2) is 7.13. The summed E-state index contributed by atoms with van der Waals surface area (Å²) in [5.74, 6) is 0.558. The van der Waals surface area contributed by atoms with Crippen LogP contribution in [0.15, 0.2) is 28.6 Å². The number of fused-ring (bicyclic) bond motifs is 1. The van der Waals surface area contributed by atoms with Gasteiger partial charge in [0.25, 0.3) is 11.8 Å². The summed E-state index contributed by atoms with van der Waals surface area (Å²) in [7, 11) is 0. The summed E-state index contributed by atoms with van der Waals surface area (Å²) < 4.78 is 0.962. The zero-order valence-electron chi connectivity index (χ0n) is 13.6. The molecule has 25 heavy (non-hydrogen) atoms. The number of hydrogen-bond acceptors (Lipinski definition) is 7. The fraction of sp³-hybridized carbons (Fsp3) is 0.412. The molecule has 0 unspecified atom stereocenters. The summed E-state index contributed by atoms with van der Waals surface area (Å²) in [6, 6.07) is 7.60. The lowest BCUT2D eigenvalue weighted by atomic mass is 10.1. The first-order valence-electron chi connectivity index (χ1n) is 8.40. The van der Waals surface area contributed by atoms with Gasteiger partial charge in [-0.3, -0.25) is 14.5 Å². The van der Waals surface area contributed by atoms with E-state index in [9.17, 15) is 9.59 Å². The Balaban J connectivity index is 1.20. The fourth-order valence-electron chi connectivity index (χ4n) is 2.70. The van der Waals surface area contributed by atoms with Crippen molar-refractivity contribution < 1.29 is 9.59 Å². The normalized spacial score (nSPS) is 16.4. The maximum atomic E-state index is 12.3. The van der Waals surface area contributed by atoms with Crippen molar-refractivity contribution >= 4 is 40.0 Å². The van der Waals surface area contributed by atoms with E-state index in [1.807, 2.05) is 0 Å². The molecule has 0 saturated heterocycles. The number of aromatic nitrogens is 2. The lowest BCUT2D eigenvalue weighted by Crippen LogP contribution is -2.30. The van der Waals surface area contributed by atoms with Gasteiger partial charge < -0.3 is 5.32 Å². The Morgan fingerprint density at radius 1 is 1.12 bits per heavy atom. The lowest BCUT2D eigenvalue weighted by Gasteiger charge is -2.13. The van der Waals surface area contributed by atoms with Gasteiger partial charge in [0.1, 0.15) is 0 Å². The topological polar surface area (TPSA) is 75.2 Å². The maximum Gasteiger partial charge on any atom is 0.261 e. The summed E-state index contributed by atoms with van der Waals surface area (Å²) in [6.45, 7) is 0.470. The molecule has 1 aromatic heterocycles. The summed E-state index contributed by atoms with van der Waals surface area (Å²) >= 11 is 3.26. The molecule has 8 heteroatoms. The number of benzene rings is 1. The predicted octanol–water partition coefficient (Wildman–Crippen LogP) is 3.28. The molecule has 1 saturated carbocycles. The number of unbranched alkanes of at least 4 members (excludes halogenated alkanes) is 1. The molecule has 2 aliphatic rings. The number of nitrogens with one attached hydrogen (secondary N) is 1. The molecule has 0 radical (unpaired) electrons. The van der Waals surface area contributed by atoms with Crippen LogP contribution in [0.25, 0.3) is 0 Å². The smallest absolute Gasteiger partial charge is 0.261 e. The van der Waals surface area contributed by atoms with E-state index >= 15 is 0 Å². The Morgan fingerprint density at radius 2 is 1.84 bits per heavy atom. The number of hydrogen-bond donors (Lipinski definition) is 1. The average Bonchev–Trinajstić information content (AvgIpc) is 3.27. The number of amides is 2. The summed E-state index contributed by atoms with van der Waals surface area (Å²) in [6.07, 6.45) is 4.16. The minimum atomic E-state index is -0.173. The van der Waals surface area contributed by atoms with Gasteiger partial charge in [-0.25, -0.2) is 0 Å². The molecule has 4 rings (SSSR count). The second-order valence-corrected chi connectivity index (χ2v) is 8.47. The molecule has 130 valence electrons. The quantitative estimate of drug-likeness (QED) is 0.434. The van der Waals surface area contributed by atoms with Crippen LogP contribution in [0.2, 0.25) is 0 Å². The van der Waals surface area contributed by atoms with Crippen molar-refractivity contribution in [1.82, 2.24) is 15.1 Å². The van der Waals surface area contributed by atoms with Crippen LogP contribution in [-0.2, 0) is 0 Å². The highest BCUT2D eigenvalue weighted by molar-refractivity contribution is 8.01. The molecule has 1 fully saturated rings. The van der Waals surface area contributed by atoms with Gasteiger partial charge in [0.15, 0.2) is 4.34 Å². The highest BCUT2D eigenvalue weighted by Crippen LogP contribution is 2.30. The summed E-state index contributed by atoms with van der Waals surface area (Å²) in [5.41, 5.74) is 1.04. The van der Waals surface area contributed by atoms with E-state index in [2.05, 4.69) is 15.5 Å². The van der Waals surface area contributed by atoms with Crippen LogP contribution < -0.4 is 5.32 Å². The molecule has 1 aromatic carbocycles. The van der Waals surface area contributed by atoms with E-state index in [0.717, 1.165) is 28.1 Å². The number of rotatable bonds is 8. The van der Waals surface area contributed by atoms with Crippen molar-refractivity contribution in [3.63, 3.8) is 0 Å². The van der Waals surface area contributed by atoms with Gasteiger partial charge in [-0.2, -0.15) is 0 Å². The Bertz CT molecular complexity index is 768. The van der Waals surface area contributed by atoms with Crippen molar-refractivity contribution in [2.24, 2.45) is 0 Å². The van der Waals surface area contributed by atoms with E-state index in [4.69, 9.17) is 0 Å². The van der Waals surface area contributed by atoms with Crippen molar-refractivity contribution in [3.05, 3.63) is 35.4 Å². The molecule has 6 nitrogen and oxygen atoms in total. The van der Waals surface area contributed by atoms with Gasteiger partial charge in [0, 0.05) is 18.3 Å². The number of thioether (sulfide) groups is 1. The lowest BCUT2D eigenvalue weighted by molar-refractivity contribution is 0.0652. The van der Waals surface area contributed by atoms with Gasteiger partial charge >= 0.3 is 0 Å². The Labute approximate surface area is 154 Å². The molecular weight excluding hydrogens is 356 g/mol. The third-order valence-corrected chi connectivity index (χ3v) is 6.27. The first-order valence-corrected chi connectivity index (χ1v) is 10.2. The van der Waals surface area contributed by atoms with Gasteiger partial charge in [0.2, 0.25) is 5.13 Å². The van der Waals surface area contributed by atoms with Crippen molar-refractivity contribution in [3.8, 4) is 0 Å². The minimum Gasteiger partial charge on any atom is -0.357 e. The molecule has 2 heterocycles. The van der Waals surface area contributed by atoms with Crippen LogP contribution in [0.3, 0.4) is 0 Å². The predicted molar refractivity (Wildman–Crippen MR) is 98.3 cm³/mol. The number of imide groups is 1. The Hall–Kier alpha value is -1.93. The third-order valence-electron chi connectivity index (χ3n) is 4.19. The standard InChI is InChI=1S/C17H18N4O2S2/c22-14-12-5-1-2-6-13(12)15(23)21(14)9-3-4-10-24-17-20-19-16(25-17)18-11-7-8-11/h1-2,5-6,11H,3-4,7-10H2,(H,18,19). The molecule has 2 aromatic rings. The van der Waals surface area contributed by atoms with Crippen LogP contribution in [0, 0.1) is 0 Å². The first-order chi connectivity index (χ1) is 12.2. The van der Waals surface area contributed by atoms with E-state index in [1.165, 1.54) is 17.7 Å². The molecular formula is C17H18N4O2S2. The second-order valence-electron chi connectivity index (χ2n) is 6.15. The van der Waals surface area contributed by atoms with E-state index < -0.39 is 0 Å². The van der Waals surface area contributed by atoms with Gasteiger partial charge in [-0.05, 0) is 37.8 Å². The Kier molecular flexibility index (Phi) is 4.72. The van der Waals surface area contributed by atoms with Crippen molar-refractivity contribution in [1.29, 1.82) is 0 Å². The van der Waals surface area contributed by atoms with Gasteiger partial charge in [-0.1, -0.05) is 35.2 Å². The van der Waals surface area contributed by atoms with E-state index in [0.29, 0.717) is 23.7 Å². The molecule has 1 aliphatic carbocycles. The fourth-order valence-corrected chi connectivity index (χ4v) is 4.60. The highest BCUT2D eigenvalue weighted by Gasteiger charge is 2.34. The minimum absolute atomic E-state index is 0.173. The number of anilines is 1. The van der Waals surface area contributed by atoms with E-state index in [-0.39, 0.29) is 11.8 Å². The molecule has 1 aliphatic heterocycles. The number of nitrogens with zero attached hydrogens (tertiary/aromatic N) is 3. The van der Waals surface area contributed by atoms with Crippen LogP contribution in [0.5, 0.6) is 0 Å². The third kappa shape index (κ3) is 3.69. The Morgan fingerprint density at radius 3 is 2.52 bits per heavy atom. The van der Waals surface area contributed by atoms with Crippen molar-refractivity contribution in [2.45, 2.75) is 36.1 Å². The first kappa shape index (κ1) is 16.5. The molecule has 0 atom stereocenters. The highest BCUT2D eigenvalue weighted by atomic mass is 32.2. The summed E-state index contributed by atoms with van der Waals surface area (Å²) in [4.78, 5) is 25.9. The molecule has 1 N–H and O–H groups in total. The van der Waals surface area contributed by atoms with Crippen LogP contribution in [0.1, 0.15) is 46.4 Å². The molecule has 0 spiro atoms. The zero-order chi connectivity index (χ0) is 17.2. The monoisotopic (exact) mass is 374 g/mol. The van der Waals surface area contributed by atoms with Crippen LogP contribution in [-0.4, -0.2) is 45.3 Å². The molecule has 0 bridgehead atoms. The molecule has 2 amide bonds. The average molecular weight is 374 g/mol. The van der Waals surface area contributed by atoms with Crippen molar-refractivity contribution in [2.75, 3.05) is 17.6 Å². The number of carbonyl (C=O) groups excluding carboxylic acids is 2. The largest absolute Gasteiger partial charge is 0.357 e.